The van der Waals surface area contributed by atoms with Crippen LogP contribution < -0.4 is 14.4 Å². The molecule has 24 heavy (non-hydrogen) atoms. The predicted octanol–water partition coefficient (Wildman–Crippen LogP) is 4.33. The maximum atomic E-state index is 9.51. The lowest BCUT2D eigenvalue weighted by Gasteiger charge is -2.20. The van der Waals surface area contributed by atoms with Gasteiger partial charge in [-0.05, 0) is 61.4 Å². The molecule has 1 aliphatic heterocycles. The Labute approximate surface area is 142 Å². The van der Waals surface area contributed by atoms with Crippen molar-refractivity contribution in [2.24, 2.45) is 0 Å². The fourth-order valence-corrected chi connectivity index (χ4v) is 2.78. The first-order valence-corrected chi connectivity index (χ1v) is 8.12. The zero-order valence-corrected chi connectivity index (χ0v) is 14.0. The highest BCUT2D eigenvalue weighted by molar-refractivity contribution is 5.90. The van der Waals surface area contributed by atoms with Crippen LogP contribution in [0.1, 0.15) is 25.0 Å². The third-order valence-corrected chi connectivity index (χ3v) is 4.14. The average Bonchev–Trinajstić information content (AvgIpc) is 3.09. The number of hydrogen-bond acceptors (Lipinski definition) is 4. The van der Waals surface area contributed by atoms with Crippen LogP contribution in [0, 0.1) is 11.3 Å². The highest BCUT2D eigenvalue weighted by atomic mass is 16.7. The number of fused-ring (bicyclic) bond motifs is 1. The zero-order chi connectivity index (χ0) is 16.9. The lowest BCUT2D eigenvalue weighted by molar-refractivity contribution is 0.174. The van der Waals surface area contributed by atoms with E-state index in [1.807, 2.05) is 36.4 Å². The van der Waals surface area contributed by atoms with Crippen LogP contribution in [0.25, 0.3) is 11.6 Å². The largest absolute Gasteiger partial charge is 0.454 e. The van der Waals surface area contributed by atoms with E-state index in [1.54, 1.807) is 0 Å². The summed E-state index contributed by atoms with van der Waals surface area (Å²) in [6.07, 6.45) is 1.89. The Kier molecular flexibility index (Phi) is 4.72. The molecule has 0 bridgehead atoms. The first kappa shape index (κ1) is 15.9. The van der Waals surface area contributed by atoms with E-state index in [9.17, 15) is 5.26 Å². The second-order valence-corrected chi connectivity index (χ2v) is 5.50. The third-order valence-electron chi connectivity index (χ3n) is 4.14. The number of rotatable bonds is 5. The van der Waals surface area contributed by atoms with Crippen molar-refractivity contribution < 1.29 is 9.47 Å². The molecule has 0 fully saturated rings. The van der Waals surface area contributed by atoms with Gasteiger partial charge in [-0.3, -0.25) is 0 Å². The van der Waals surface area contributed by atoms with E-state index in [0.29, 0.717) is 11.3 Å². The van der Waals surface area contributed by atoms with Crippen molar-refractivity contribution in [2.45, 2.75) is 13.8 Å². The van der Waals surface area contributed by atoms with E-state index in [2.05, 4.69) is 36.9 Å². The fraction of sp³-hybridized carbons (Fsp3) is 0.250. The summed E-state index contributed by atoms with van der Waals surface area (Å²) in [6.45, 7) is 6.48. The molecule has 4 heteroatoms. The van der Waals surface area contributed by atoms with E-state index in [4.69, 9.17) is 9.47 Å². The molecule has 3 rings (SSSR count). The maximum Gasteiger partial charge on any atom is 0.231 e. The standard InChI is InChI=1S/C20H20N2O2/c1-3-22(4-2)18-8-5-15(6-9-18)11-17(13-21)16-7-10-19-20(12-16)24-14-23-19/h5-12H,3-4,14H2,1-2H3. The first-order valence-electron chi connectivity index (χ1n) is 8.12. The molecular formula is C20H20N2O2. The Bertz CT molecular complexity index is 784. The molecule has 122 valence electrons. The van der Waals surface area contributed by atoms with Crippen LogP contribution in [0.2, 0.25) is 0 Å². The van der Waals surface area contributed by atoms with Crippen LogP contribution in [-0.4, -0.2) is 19.9 Å². The first-order chi connectivity index (χ1) is 11.7. The second-order valence-electron chi connectivity index (χ2n) is 5.50. The zero-order valence-electron chi connectivity index (χ0n) is 14.0. The average molecular weight is 320 g/mol. The van der Waals surface area contributed by atoms with Crippen LogP contribution in [0.4, 0.5) is 5.69 Å². The number of hydrogen-bond donors (Lipinski definition) is 0. The Morgan fingerprint density at radius 1 is 1.08 bits per heavy atom. The van der Waals surface area contributed by atoms with Crippen molar-refractivity contribution in [1.29, 1.82) is 5.26 Å². The van der Waals surface area contributed by atoms with Crippen LogP contribution >= 0.6 is 0 Å². The fourth-order valence-electron chi connectivity index (χ4n) is 2.78. The van der Waals surface area contributed by atoms with Gasteiger partial charge in [-0.15, -0.1) is 0 Å². The topological polar surface area (TPSA) is 45.5 Å². The third kappa shape index (κ3) is 3.21. The summed E-state index contributed by atoms with van der Waals surface area (Å²) in [5, 5.41) is 9.51. The summed E-state index contributed by atoms with van der Waals surface area (Å²) in [6, 6.07) is 16.1. The number of ether oxygens (including phenoxy) is 2. The molecule has 1 heterocycles. The molecule has 0 amide bonds. The summed E-state index contributed by atoms with van der Waals surface area (Å²) < 4.78 is 10.7. The molecule has 0 aliphatic carbocycles. The molecule has 0 atom stereocenters. The van der Waals surface area contributed by atoms with Gasteiger partial charge < -0.3 is 14.4 Å². The van der Waals surface area contributed by atoms with Gasteiger partial charge in [0.1, 0.15) is 0 Å². The van der Waals surface area contributed by atoms with Gasteiger partial charge in [-0.25, -0.2) is 0 Å². The number of nitrogens with zero attached hydrogens (tertiary/aromatic N) is 2. The summed E-state index contributed by atoms with van der Waals surface area (Å²) in [5.41, 5.74) is 3.62. The van der Waals surface area contributed by atoms with Gasteiger partial charge >= 0.3 is 0 Å². The van der Waals surface area contributed by atoms with Crippen molar-refractivity contribution >= 4 is 17.3 Å². The van der Waals surface area contributed by atoms with E-state index in [1.165, 1.54) is 5.69 Å². The summed E-state index contributed by atoms with van der Waals surface area (Å²) in [5.74, 6) is 1.41. The van der Waals surface area contributed by atoms with Gasteiger partial charge in [0.25, 0.3) is 0 Å². The van der Waals surface area contributed by atoms with Gasteiger partial charge in [-0.2, -0.15) is 5.26 Å². The smallest absolute Gasteiger partial charge is 0.231 e. The number of allylic oxidation sites excluding steroid dienone is 1. The van der Waals surface area contributed by atoms with Crippen molar-refractivity contribution in [3.63, 3.8) is 0 Å². The molecule has 2 aromatic carbocycles. The van der Waals surface area contributed by atoms with Gasteiger partial charge in [0.15, 0.2) is 11.5 Å². The minimum absolute atomic E-state index is 0.233. The van der Waals surface area contributed by atoms with Crippen molar-refractivity contribution in [1.82, 2.24) is 0 Å². The summed E-state index contributed by atoms with van der Waals surface area (Å²) >= 11 is 0. The van der Waals surface area contributed by atoms with E-state index in [-0.39, 0.29) is 6.79 Å². The predicted molar refractivity (Wildman–Crippen MR) is 96.1 cm³/mol. The van der Waals surface area contributed by atoms with Crippen LogP contribution in [0.5, 0.6) is 11.5 Å². The van der Waals surface area contributed by atoms with E-state index < -0.39 is 0 Å². The van der Waals surface area contributed by atoms with Gasteiger partial charge in [0, 0.05) is 18.8 Å². The van der Waals surface area contributed by atoms with Gasteiger partial charge in [0.05, 0.1) is 11.6 Å². The maximum absolute atomic E-state index is 9.51. The molecule has 2 aromatic rings. The Morgan fingerprint density at radius 3 is 2.46 bits per heavy atom. The molecule has 4 nitrogen and oxygen atoms in total. The Hall–Kier alpha value is -2.93. The lowest BCUT2D eigenvalue weighted by Crippen LogP contribution is -2.21. The number of anilines is 1. The van der Waals surface area contributed by atoms with E-state index >= 15 is 0 Å². The molecule has 0 N–H and O–H groups in total. The van der Waals surface area contributed by atoms with Crippen LogP contribution in [0.15, 0.2) is 42.5 Å². The summed E-state index contributed by atoms with van der Waals surface area (Å²) in [7, 11) is 0. The van der Waals surface area contributed by atoms with Gasteiger partial charge in [0.2, 0.25) is 6.79 Å². The molecule has 0 spiro atoms. The van der Waals surface area contributed by atoms with Crippen molar-refractivity contribution in [2.75, 3.05) is 24.8 Å². The van der Waals surface area contributed by atoms with Gasteiger partial charge in [-0.1, -0.05) is 12.1 Å². The van der Waals surface area contributed by atoms with Crippen LogP contribution in [-0.2, 0) is 0 Å². The number of benzene rings is 2. The Morgan fingerprint density at radius 2 is 1.79 bits per heavy atom. The normalized spacial score (nSPS) is 12.8. The highest BCUT2D eigenvalue weighted by Crippen LogP contribution is 2.34. The van der Waals surface area contributed by atoms with E-state index in [0.717, 1.165) is 30.0 Å². The minimum Gasteiger partial charge on any atom is -0.454 e. The minimum atomic E-state index is 0.233. The number of nitriles is 1. The highest BCUT2D eigenvalue weighted by Gasteiger charge is 2.14. The van der Waals surface area contributed by atoms with Crippen molar-refractivity contribution in [3.05, 3.63) is 53.6 Å². The molecule has 0 aromatic heterocycles. The molecule has 1 aliphatic rings. The summed E-state index contributed by atoms with van der Waals surface area (Å²) in [4.78, 5) is 2.29. The SMILES string of the molecule is CCN(CC)c1ccc(C=C(C#N)c2ccc3c(c2)OCO3)cc1. The molecular weight excluding hydrogens is 300 g/mol. The molecule has 0 saturated heterocycles. The monoisotopic (exact) mass is 320 g/mol. The molecule has 0 saturated carbocycles. The van der Waals surface area contributed by atoms with Crippen LogP contribution in [0.3, 0.4) is 0 Å². The lowest BCUT2D eigenvalue weighted by atomic mass is 10.0. The Balaban J connectivity index is 1.87. The second kappa shape index (κ2) is 7.10. The van der Waals surface area contributed by atoms with Crippen molar-refractivity contribution in [3.8, 4) is 17.6 Å². The molecule has 0 radical (unpaired) electrons. The quantitative estimate of drug-likeness (QED) is 0.608. The molecule has 0 unspecified atom stereocenters.